The first kappa shape index (κ1) is 22.5. The van der Waals surface area contributed by atoms with E-state index in [4.69, 9.17) is 0 Å². The Labute approximate surface area is 174 Å². The van der Waals surface area contributed by atoms with Crippen LogP contribution < -0.4 is 10.0 Å². The maximum absolute atomic E-state index is 12.2. The van der Waals surface area contributed by atoms with Gasteiger partial charge in [0.05, 0.1) is 23.3 Å². The van der Waals surface area contributed by atoms with Gasteiger partial charge in [-0.25, -0.2) is 13.1 Å². The number of rotatable bonds is 11. The number of nitrogens with zero attached hydrogens (tertiary/aromatic N) is 3. The molecule has 2 N–H and O–H groups in total. The van der Waals surface area contributed by atoms with Gasteiger partial charge >= 0.3 is 0 Å². The molecule has 154 valence electrons. The molecule has 1 aromatic heterocycles. The van der Waals surface area contributed by atoms with Crippen molar-refractivity contribution in [2.45, 2.75) is 31.7 Å². The molecular weight excluding hydrogens is 446 g/mol. The number of aromatic nitrogens is 2. The van der Waals surface area contributed by atoms with Gasteiger partial charge in [0.2, 0.25) is 15.9 Å². The van der Waals surface area contributed by atoms with E-state index >= 15 is 0 Å². The predicted molar refractivity (Wildman–Crippen MR) is 113 cm³/mol. The van der Waals surface area contributed by atoms with E-state index in [1.54, 1.807) is 29.2 Å². The number of hydrogen-bond donors (Lipinski definition) is 2. The Morgan fingerprint density at radius 2 is 1.89 bits per heavy atom. The highest BCUT2D eigenvalue weighted by molar-refractivity contribution is 9.10. The number of nitrogens with one attached hydrogen (secondary N) is 2. The number of hydrogen-bond acceptors (Lipinski definition) is 5. The third-order valence-corrected chi connectivity index (χ3v) is 6.23. The van der Waals surface area contributed by atoms with E-state index in [1.165, 1.54) is 12.1 Å². The van der Waals surface area contributed by atoms with E-state index in [0.717, 1.165) is 30.7 Å². The molecule has 1 amide bonds. The first-order chi connectivity index (χ1) is 13.3. The summed E-state index contributed by atoms with van der Waals surface area (Å²) in [6.45, 7) is 7.84. The van der Waals surface area contributed by atoms with Crippen molar-refractivity contribution in [1.82, 2.24) is 19.4 Å². The SMILES string of the molecule is CCN(CC)CCn1cc(NC(=O)CCNS(=O)(=O)c2ccc(Br)cc2)cn1. The second-order valence-electron chi connectivity index (χ2n) is 6.17. The molecule has 0 saturated carbocycles. The lowest BCUT2D eigenvalue weighted by atomic mass is 10.4. The second kappa shape index (κ2) is 10.7. The van der Waals surface area contributed by atoms with Crippen LogP contribution in [0.25, 0.3) is 0 Å². The highest BCUT2D eigenvalue weighted by Crippen LogP contribution is 2.14. The van der Waals surface area contributed by atoms with E-state index in [-0.39, 0.29) is 23.8 Å². The standard InChI is InChI=1S/C18H26BrN5O3S/c1-3-23(4-2)11-12-24-14-16(13-20-24)22-18(25)9-10-21-28(26,27)17-7-5-15(19)6-8-17/h5-8,13-14,21H,3-4,9-12H2,1-2H3,(H,22,25). The molecule has 0 aliphatic heterocycles. The van der Waals surface area contributed by atoms with Crippen LogP contribution >= 0.6 is 15.9 Å². The van der Waals surface area contributed by atoms with Gasteiger partial charge in [-0.05, 0) is 37.4 Å². The number of carbonyl (C=O) groups is 1. The van der Waals surface area contributed by atoms with Gasteiger partial charge in [0.25, 0.3) is 0 Å². The number of sulfonamides is 1. The molecule has 8 nitrogen and oxygen atoms in total. The van der Waals surface area contributed by atoms with Gasteiger partial charge < -0.3 is 10.2 Å². The van der Waals surface area contributed by atoms with Crippen LogP contribution in [0.1, 0.15) is 20.3 Å². The summed E-state index contributed by atoms with van der Waals surface area (Å²) in [4.78, 5) is 14.5. The zero-order chi connectivity index (χ0) is 20.6. The lowest BCUT2D eigenvalue weighted by Gasteiger charge is -2.17. The number of anilines is 1. The molecule has 0 radical (unpaired) electrons. The topological polar surface area (TPSA) is 96.3 Å². The molecule has 2 aromatic rings. The fourth-order valence-corrected chi connectivity index (χ4v) is 3.85. The molecule has 0 bridgehead atoms. The van der Waals surface area contributed by atoms with Crippen molar-refractivity contribution in [3.63, 3.8) is 0 Å². The minimum atomic E-state index is -3.63. The van der Waals surface area contributed by atoms with Gasteiger partial charge in [-0.1, -0.05) is 29.8 Å². The van der Waals surface area contributed by atoms with Crippen molar-refractivity contribution in [2.75, 3.05) is 31.5 Å². The Kier molecular flexibility index (Phi) is 8.61. The van der Waals surface area contributed by atoms with E-state index in [0.29, 0.717) is 5.69 Å². The summed E-state index contributed by atoms with van der Waals surface area (Å²) >= 11 is 3.26. The molecule has 10 heteroatoms. The largest absolute Gasteiger partial charge is 0.323 e. The first-order valence-corrected chi connectivity index (χ1v) is 11.4. The molecule has 0 saturated heterocycles. The minimum Gasteiger partial charge on any atom is -0.323 e. The molecule has 2 rings (SSSR count). The van der Waals surface area contributed by atoms with Crippen molar-refractivity contribution in [3.8, 4) is 0 Å². The summed E-state index contributed by atoms with van der Waals surface area (Å²) in [6.07, 6.45) is 3.39. The van der Waals surface area contributed by atoms with Crippen molar-refractivity contribution in [3.05, 3.63) is 41.1 Å². The average molecular weight is 472 g/mol. The second-order valence-corrected chi connectivity index (χ2v) is 8.85. The van der Waals surface area contributed by atoms with Crippen LogP contribution in [0.5, 0.6) is 0 Å². The normalized spacial score (nSPS) is 11.7. The monoisotopic (exact) mass is 471 g/mol. The highest BCUT2D eigenvalue weighted by atomic mass is 79.9. The Morgan fingerprint density at radius 3 is 2.54 bits per heavy atom. The van der Waals surface area contributed by atoms with E-state index in [9.17, 15) is 13.2 Å². The summed E-state index contributed by atoms with van der Waals surface area (Å²) < 4.78 is 29.4. The van der Waals surface area contributed by atoms with Crippen LogP contribution in [0.2, 0.25) is 0 Å². The molecular formula is C18H26BrN5O3S. The molecule has 28 heavy (non-hydrogen) atoms. The average Bonchev–Trinajstić information content (AvgIpc) is 3.10. The van der Waals surface area contributed by atoms with Crippen LogP contribution in [0, 0.1) is 0 Å². The van der Waals surface area contributed by atoms with Gasteiger partial charge in [0, 0.05) is 30.2 Å². The molecule has 0 aliphatic rings. The molecule has 0 unspecified atom stereocenters. The molecule has 0 aliphatic carbocycles. The van der Waals surface area contributed by atoms with E-state index in [2.05, 4.69) is 49.8 Å². The Bertz CT molecular complexity index is 864. The smallest absolute Gasteiger partial charge is 0.240 e. The number of amides is 1. The number of benzene rings is 1. The van der Waals surface area contributed by atoms with Gasteiger partial charge in [0.1, 0.15) is 0 Å². The van der Waals surface area contributed by atoms with Crippen molar-refractivity contribution in [1.29, 1.82) is 0 Å². The number of carbonyl (C=O) groups excluding carboxylic acids is 1. The molecule has 0 spiro atoms. The molecule has 0 fully saturated rings. The highest BCUT2D eigenvalue weighted by Gasteiger charge is 2.14. The Balaban J connectivity index is 1.77. The zero-order valence-electron chi connectivity index (χ0n) is 16.1. The number of halogens is 1. The summed E-state index contributed by atoms with van der Waals surface area (Å²) in [7, 11) is -3.63. The third kappa shape index (κ3) is 7.01. The lowest BCUT2D eigenvalue weighted by Crippen LogP contribution is -2.27. The van der Waals surface area contributed by atoms with E-state index in [1.807, 2.05) is 0 Å². The van der Waals surface area contributed by atoms with Crippen molar-refractivity contribution in [2.24, 2.45) is 0 Å². The summed E-state index contributed by atoms with van der Waals surface area (Å²) in [5, 5.41) is 6.97. The fraction of sp³-hybridized carbons (Fsp3) is 0.444. The Morgan fingerprint density at radius 1 is 1.21 bits per heavy atom. The zero-order valence-corrected chi connectivity index (χ0v) is 18.5. The van der Waals surface area contributed by atoms with Gasteiger partial charge in [0.15, 0.2) is 0 Å². The third-order valence-electron chi connectivity index (χ3n) is 4.22. The lowest BCUT2D eigenvalue weighted by molar-refractivity contribution is -0.116. The molecule has 0 atom stereocenters. The van der Waals surface area contributed by atoms with Crippen LogP contribution in [0.4, 0.5) is 5.69 Å². The van der Waals surface area contributed by atoms with Gasteiger partial charge in [-0.3, -0.25) is 9.48 Å². The summed E-state index contributed by atoms with van der Waals surface area (Å²) in [5.41, 5.74) is 0.598. The fourth-order valence-electron chi connectivity index (χ4n) is 2.55. The Hall–Kier alpha value is -1.75. The summed E-state index contributed by atoms with van der Waals surface area (Å²) in [5.74, 6) is -0.276. The summed E-state index contributed by atoms with van der Waals surface area (Å²) in [6, 6.07) is 6.30. The number of likely N-dealkylation sites (N-methyl/N-ethyl adjacent to an activating group) is 1. The maximum atomic E-state index is 12.2. The van der Waals surface area contributed by atoms with Crippen LogP contribution in [0.3, 0.4) is 0 Å². The van der Waals surface area contributed by atoms with Crippen molar-refractivity contribution < 1.29 is 13.2 Å². The minimum absolute atomic E-state index is 0.0142. The van der Waals surface area contributed by atoms with Gasteiger partial charge in [-0.2, -0.15) is 5.10 Å². The maximum Gasteiger partial charge on any atom is 0.240 e. The molecule has 1 heterocycles. The van der Waals surface area contributed by atoms with E-state index < -0.39 is 10.0 Å². The quantitative estimate of drug-likeness (QED) is 0.523. The van der Waals surface area contributed by atoms with Crippen LogP contribution in [-0.2, 0) is 21.4 Å². The van der Waals surface area contributed by atoms with Crippen LogP contribution in [0.15, 0.2) is 46.0 Å². The van der Waals surface area contributed by atoms with Crippen LogP contribution in [-0.4, -0.2) is 55.2 Å². The molecule has 1 aromatic carbocycles. The predicted octanol–water partition coefficient (Wildman–Crippen LogP) is 2.29. The van der Waals surface area contributed by atoms with Gasteiger partial charge in [-0.15, -0.1) is 0 Å². The van der Waals surface area contributed by atoms with Crippen molar-refractivity contribution >= 4 is 37.5 Å². The first-order valence-electron chi connectivity index (χ1n) is 9.14.